The summed E-state index contributed by atoms with van der Waals surface area (Å²) in [7, 11) is 0. The fraction of sp³-hybridized carbons (Fsp3) is 0.957. The van der Waals surface area contributed by atoms with Crippen LogP contribution in [0.4, 0.5) is 0 Å². The van der Waals surface area contributed by atoms with Crippen molar-refractivity contribution in [3.8, 4) is 0 Å². The summed E-state index contributed by atoms with van der Waals surface area (Å²) in [5.41, 5.74) is 0. The van der Waals surface area contributed by atoms with Crippen LogP contribution in [-0.4, -0.2) is 0 Å². The zero-order valence-electron chi connectivity index (χ0n) is 16.9. The number of hydrogen-bond acceptors (Lipinski definition) is 0. The molecular weight excluding hydrogens is 276 g/mol. The Labute approximate surface area is 147 Å². The van der Waals surface area contributed by atoms with Gasteiger partial charge in [-0.2, -0.15) is 0 Å². The molecule has 0 bridgehead atoms. The summed E-state index contributed by atoms with van der Waals surface area (Å²) in [4.78, 5) is 0. The van der Waals surface area contributed by atoms with E-state index in [4.69, 9.17) is 0 Å². The van der Waals surface area contributed by atoms with E-state index in [0.29, 0.717) is 0 Å². The van der Waals surface area contributed by atoms with E-state index in [2.05, 4.69) is 48.5 Å². The number of hydrogen-bond donors (Lipinski definition) is 0. The standard InChI is InChI=1S/C23H43/c1-8-19(22-13-17(6)9-11-20(22)15(2)3)23-14-18(7)10-12-21(23)16(4)5/h15-23H,1,8-14H2,2-7H3. The molecular formula is C23H43. The highest BCUT2D eigenvalue weighted by atomic mass is 14.5. The first-order valence-electron chi connectivity index (χ1n) is 10.6. The Balaban J connectivity index is 2.23. The molecule has 2 aliphatic rings. The molecule has 6 atom stereocenters. The quantitative estimate of drug-likeness (QED) is 0.501. The second-order valence-electron chi connectivity index (χ2n) is 9.93. The van der Waals surface area contributed by atoms with Gasteiger partial charge in [0.25, 0.3) is 0 Å². The summed E-state index contributed by atoms with van der Waals surface area (Å²) < 4.78 is 0. The van der Waals surface area contributed by atoms with E-state index < -0.39 is 0 Å². The van der Waals surface area contributed by atoms with E-state index >= 15 is 0 Å². The first-order chi connectivity index (χ1) is 10.8. The van der Waals surface area contributed by atoms with Gasteiger partial charge in [-0.3, -0.25) is 0 Å². The van der Waals surface area contributed by atoms with Crippen molar-refractivity contribution in [3.05, 3.63) is 6.92 Å². The average molecular weight is 320 g/mol. The molecule has 23 heavy (non-hydrogen) atoms. The van der Waals surface area contributed by atoms with Gasteiger partial charge in [-0.1, -0.05) is 61.3 Å². The third kappa shape index (κ3) is 4.55. The molecule has 0 heterocycles. The van der Waals surface area contributed by atoms with Gasteiger partial charge in [-0.25, -0.2) is 0 Å². The van der Waals surface area contributed by atoms with Crippen molar-refractivity contribution in [2.45, 2.75) is 86.5 Å². The summed E-state index contributed by atoms with van der Waals surface area (Å²) in [5, 5.41) is 0. The number of rotatable bonds is 5. The van der Waals surface area contributed by atoms with Crippen LogP contribution in [0.25, 0.3) is 0 Å². The first kappa shape index (κ1) is 19.3. The zero-order chi connectivity index (χ0) is 17.1. The van der Waals surface area contributed by atoms with Crippen molar-refractivity contribution < 1.29 is 0 Å². The maximum Gasteiger partial charge on any atom is -0.0350 e. The molecule has 2 rings (SSSR count). The summed E-state index contributed by atoms with van der Waals surface area (Å²) in [5.74, 6) is 8.21. The molecule has 0 aliphatic heterocycles. The van der Waals surface area contributed by atoms with Crippen LogP contribution in [0.3, 0.4) is 0 Å². The van der Waals surface area contributed by atoms with E-state index in [0.717, 1.165) is 53.3 Å². The summed E-state index contributed by atoms with van der Waals surface area (Å²) >= 11 is 0. The van der Waals surface area contributed by atoms with Crippen molar-refractivity contribution in [1.29, 1.82) is 0 Å². The minimum absolute atomic E-state index is 0.847. The minimum atomic E-state index is 0.847. The molecule has 0 nitrogen and oxygen atoms in total. The molecule has 0 aromatic rings. The maximum atomic E-state index is 4.47. The average Bonchev–Trinajstić information content (AvgIpc) is 2.47. The van der Waals surface area contributed by atoms with Crippen molar-refractivity contribution >= 4 is 0 Å². The molecule has 0 N–H and O–H groups in total. The Morgan fingerprint density at radius 3 is 1.39 bits per heavy atom. The Kier molecular flexibility index (Phi) is 7.05. The van der Waals surface area contributed by atoms with Gasteiger partial charge in [-0.15, -0.1) is 0 Å². The van der Waals surface area contributed by atoms with Crippen molar-refractivity contribution in [3.63, 3.8) is 0 Å². The lowest BCUT2D eigenvalue weighted by Crippen LogP contribution is -2.41. The van der Waals surface area contributed by atoms with Gasteiger partial charge in [0.05, 0.1) is 0 Å². The van der Waals surface area contributed by atoms with Gasteiger partial charge < -0.3 is 0 Å². The van der Waals surface area contributed by atoms with Crippen molar-refractivity contribution in [1.82, 2.24) is 0 Å². The zero-order valence-corrected chi connectivity index (χ0v) is 16.9. The first-order valence-corrected chi connectivity index (χ1v) is 10.6. The van der Waals surface area contributed by atoms with E-state index in [1.54, 1.807) is 0 Å². The molecule has 0 spiro atoms. The van der Waals surface area contributed by atoms with Crippen LogP contribution < -0.4 is 0 Å². The van der Waals surface area contributed by atoms with Gasteiger partial charge >= 0.3 is 0 Å². The van der Waals surface area contributed by atoms with Crippen LogP contribution in [0.2, 0.25) is 0 Å². The van der Waals surface area contributed by atoms with Gasteiger partial charge in [0.2, 0.25) is 0 Å². The van der Waals surface area contributed by atoms with Crippen LogP contribution in [0.15, 0.2) is 0 Å². The summed E-state index contributed by atoms with van der Waals surface area (Å²) in [6, 6.07) is 0. The van der Waals surface area contributed by atoms with E-state index in [1.165, 1.54) is 44.9 Å². The summed E-state index contributed by atoms with van der Waals surface area (Å²) in [6.45, 7) is 19.3. The van der Waals surface area contributed by atoms with Crippen LogP contribution >= 0.6 is 0 Å². The van der Waals surface area contributed by atoms with Crippen molar-refractivity contribution in [2.75, 3.05) is 0 Å². The molecule has 0 heteroatoms. The molecule has 0 amide bonds. The Bertz CT molecular complexity index is 310. The van der Waals surface area contributed by atoms with Crippen LogP contribution in [0.1, 0.15) is 86.5 Å². The Hall–Kier alpha value is 0. The molecule has 2 saturated carbocycles. The second kappa shape index (κ2) is 8.39. The normalized spacial score (nSPS) is 40.6. The molecule has 0 aromatic heterocycles. The Morgan fingerprint density at radius 2 is 1.09 bits per heavy atom. The monoisotopic (exact) mass is 319 g/mol. The van der Waals surface area contributed by atoms with Crippen LogP contribution in [-0.2, 0) is 0 Å². The van der Waals surface area contributed by atoms with Gasteiger partial charge in [0, 0.05) is 0 Å². The van der Waals surface area contributed by atoms with Crippen LogP contribution in [0, 0.1) is 60.2 Å². The SMILES string of the molecule is [CH2]CC(C1CC(C)CCC1C(C)C)C1CC(C)CCC1C(C)C. The van der Waals surface area contributed by atoms with E-state index in [9.17, 15) is 0 Å². The van der Waals surface area contributed by atoms with E-state index in [1.807, 2.05) is 0 Å². The molecule has 0 saturated heterocycles. The molecule has 6 unspecified atom stereocenters. The highest BCUT2D eigenvalue weighted by Crippen LogP contribution is 2.51. The van der Waals surface area contributed by atoms with Gasteiger partial charge in [0.15, 0.2) is 0 Å². The molecule has 2 fully saturated rings. The largest absolute Gasteiger partial charge is 0.0625 e. The molecule has 135 valence electrons. The fourth-order valence-corrected chi connectivity index (χ4v) is 6.28. The topological polar surface area (TPSA) is 0 Å². The molecule has 1 radical (unpaired) electrons. The predicted octanol–water partition coefficient (Wildman–Crippen LogP) is 7.24. The van der Waals surface area contributed by atoms with Crippen molar-refractivity contribution in [2.24, 2.45) is 53.3 Å². The fourth-order valence-electron chi connectivity index (χ4n) is 6.28. The third-order valence-electron chi connectivity index (χ3n) is 7.58. The lowest BCUT2D eigenvalue weighted by Gasteiger charge is -2.49. The third-order valence-corrected chi connectivity index (χ3v) is 7.58. The second-order valence-corrected chi connectivity index (χ2v) is 9.93. The highest BCUT2D eigenvalue weighted by molar-refractivity contribution is 4.92. The molecule has 2 aliphatic carbocycles. The van der Waals surface area contributed by atoms with Crippen LogP contribution in [0.5, 0.6) is 0 Å². The highest BCUT2D eigenvalue weighted by Gasteiger charge is 2.42. The molecule has 0 aromatic carbocycles. The Morgan fingerprint density at radius 1 is 0.696 bits per heavy atom. The summed E-state index contributed by atoms with van der Waals surface area (Å²) in [6.07, 6.45) is 9.96. The smallest absolute Gasteiger partial charge is 0.0350 e. The lowest BCUT2D eigenvalue weighted by molar-refractivity contribution is 0.00717. The maximum absolute atomic E-state index is 4.47. The minimum Gasteiger partial charge on any atom is -0.0625 e. The predicted molar refractivity (Wildman–Crippen MR) is 103 cm³/mol. The lowest BCUT2D eigenvalue weighted by atomic mass is 9.56. The van der Waals surface area contributed by atoms with E-state index in [-0.39, 0.29) is 0 Å². The van der Waals surface area contributed by atoms with Gasteiger partial charge in [-0.05, 0) is 85.4 Å². The van der Waals surface area contributed by atoms with Gasteiger partial charge in [0.1, 0.15) is 0 Å².